The number of hydrogen-bond donors (Lipinski definition) is 2. The van der Waals surface area contributed by atoms with Gasteiger partial charge >= 0.3 is 0 Å². The summed E-state index contributed by atoms with van der Waals surface area (Å²) in [6.07, 6.45) is 4.82. The Kier molecular flexibility index (Phi) is 4.86. The lowest BCUT2D eigenvalue weighted by Gasteiger charge is -2.32. The molecule has 1 heterocycles. The molecule has 0 saturated heterocycles. The van der Waals surface area contributed by atoms with Gasteiger partial charge in [-0.15, -0.1) is 0 Å². The maximum atomic E-state index is 12.2. The van der Waals surface area contributed by atoms with E-state index in [1.165, 1.54) is 6.42 Å². The van der Waals surface area contributed by atoms with Crippen LogP contribution in [0.2, 0.25) is 5.02 Å². The molecule has 3 unspecified atom stereocenters. The smallest absolute Gasteiger partial charge is 0.253 e. The quantitative estimate of drug-likeness (QED) is 0.899. The summed E-state index contributed by atoms with van der Waals surface area (Å²) in [6, 6.07) is 1.92. The summed E-state index contributed by atoms with van der Waals surface area (Å²) in [5.74, 6) is 1.90. The number of carbonyl (C=O) groups is 1. The molecule has 1 amide bonds. The highest BCUT2D eigenvalue weighted by Gasteiger charge is 2.25. The minimum absolute atomic E-state index is 0.0891. The Hall–Kier alpha value is -1.29. The van der Waals surface area contributed by atoms with Crippen molar-refractivity contribution in [2.45, 2.75) is 39.2 Å². The monoisotopic (exact) mass is 295 g/mol. The Morgan fingerprint density at radius 1 is 1.35 bits per heavy atom. The molecule has 1 aromatic rings. The summed E-state index contributed by atoms with van der Waals surface area (Å²) < 4.78 is 0. The molecule has 20 heavy (non-hydrogen) atoms. The fourth-order valence-corrected chi connectivity index (χ4v) is 2.95. The Bertz CT molecular complexity index is 492. The number of amides is 1. The molecule has 2 N–H and O–H groups in total. The molecule has 1 aliphatic carbocycles. The molecular formula is C15H22ClN3O. The second-order valence-corrected chi connectivity index (χ2v) is 6.15. The van der Waals surface area contributed by atoms with Crippen LogP contribution in [0.15, 0.2) is 12.3 Å². The fourth-order valence-electron chi connectivity index (χ4n) is 2.69. The minimum atomic E-state index is -0.0891. The van der Waals surface area contributed by atoms with Crippen molar-refractivity contribution in [1.82, 2.24) is 10.3 Å². The maximum Gasteiger partial charge on any atom is 0.253 e. The molecule has 0 bridgehead atoms. The first-order valence-electron chi connectivity index (χ1n) is 7.15. The van der Waals surface area contributed by atoms with Crippen LogP contribution >= 0.6 is 11.6 Å². The van der Waals surface area contributed by atoms with Crippen LogP contribution in [0.3, 0.4) is 0 Å². The third-order valence-corrected chi connectivity index (χ3v) is 4.56. The van der Waals surface area contributed by atoms with Gasteiger partial charge in [-0.2, -0.15) is 0 Å². The highest BCUT2D eigenvalue weighted by Crippen LogP contribution is 2.29. The molecule has 1 aromatic heterocycles. The summed E-state index contributed by atoms with van der Waals surface area (Å²) in [6.45, 7) is 4.53. The van der Waals surface area contributed by atoms with Gasteiger partial charge in [0.15, 0.2) is 0 Å². The van der Waals surface area contributed by atoms with Gasteiger partial charge in [0.2, 0.25) is 0 Å². The molecule has 2 rings (SSSR count). The van der Waals surface area contributed by atoms with Crippen LogP contribution in [0.1, 0.15) is 43.5 Å². The third-order valence-electron chi connectivity index (χ3n) is 4.27. The van der Waals surface area contributed by atoms with Gasteiger partial charge in [0.1, 0.15) is 5.82 Å². The molecule has 4 nitrogen and oxygen atoms in total. The van der Waals surface area contributed by atoms with Crippen molar-refractivity contribution in [2.75, 3.05) is 12.4 Å². The second-order valence-electron chi connectivity index (χ2n) is 5.74. The first-order valence-corrected chi connectivity index (χ1v) is 7.53. The SMILES string of the molecule is CNc1ncc(C(=O)NC2CCC(C)C(C)C2)cc1Cl. The van der Waals surface area contributed by atoms with E-state index in [0.29, 0.717) is 22.3 Å². The van der Waals surface area contributed by atoms with Gasteiger partial charge in [-0.05, 0) is 37.2 Å². The van der Waals surface area contributed by atoms with E-state index < -0.39 is 0 Å². The molecule has 1 aliphatic rings. The van der Waals surface area contributed by atoms with Crippen molar-refractivity contribution < 1.29 is 4.79 Å². The largest absolute Gasteiger partial charge is 0.372 e. The summed E-state index contributed by atoms with van der Waals surface area (Å²) in [7, 11) is 1.75. The molecule has 5 heteroatoms. The number of nitrogens with one attached hydrogen (secondary N) is 2. The van der Waals surface area contributed by atoms with Gasteiger partial charge in [0, 0.05) is 19.3 Å². The number of hydrogen-bond acceptors (Lipinski definition) is 3. The first kappa shape index (κ1) is 15.1. The zero-order valence-corrected chi connectivity index (χ0v) is 13.0. The molecule has 0 radical (unpaired) electrons. The zero-order valence-electron chi connectivity index (χ0n) is 12.2. The second kappa shape index (κ2) is 6.44. The van der Waals surface area contributed by atoms with Crippen LogP contribution in [0, 0.1) is 11.8 Å². The van der Waals surface area contributed by atoms with Crippen LogP contribution < -0.4 is 10.6 Å². The van der Waals surface area contributed by atoms with E-state index in [0.717, 1.165) is 18.8 Å². The lowest BCUT2D eigenvalue weighted by molar-refractivity contribution is 0.0910. The number of carbonyl (C=O) groups excluding carboxylic acids is 1. The summed E-state index contributed by atoms with van der Waals surface area (Å²) >= 11 is 6.05. The number of aromatic nitrogens is 1. The topological polar surface area (TPSA) is 54.0 Å². The van der Waals surface area contributed by atoms with E-state index in [1.807, 2.05) is 0 Å². The molecule has 0 aromatic carbocycles. The van der Waals surface area contributed by atoms with E-state index in [9.17, 15) is 4.79 Å². The Morgan fingerprint density at radius 2 is 2.10 bits per heavy atom. The van der Waals surface area contributed by atoms with Gasteiger partial charge in [-0.1, -0.05) is 25.4 Å². The van der Waals surface area contributed by atoms with Crippen LogP contribution in [0.5, 0.6) is 0 Å². The van der Waals surface area contributed by atoms with Crippen molar-refractivity contribution in [1.29, 1.82) is 0 Å². The van der Waals surface area contributed by atoms with E-state index in [4.69, 9.17) is 11.6 Å². The van der Waals surface area contributed by atoms with E-state index in [-0.39, 0.29) is 11.9 Å². The average Bonchev–Trinajstić information content (AvgIpc) is 2.42. The normalized spacial score (nSPS) is 26.1. The molecule has 1 saturated carbocycles. The van der Waals surface area contributed by atoms with E-state index >= 15 is 0 Å². The summed E-state index contributed by atoms with van der Waals surface area (Å²) in [5.41, 5.74) is 0.514. The van der Waals surface area contributed by atoms with Crippen molar-refractivity contribution >= 4 is 23.3 Å². The number of anilines is 1. The number of nitrogens with zero attached hydrogens (tertiary/aromatic N) is 1. The van der Waals surface area contributed by atoms with Crippen LogP contribution in [0.4, 0.5) is 5.82 Å². The molecule has 1 fully saturated rings. The Morgan fingerprint density at radius 3 is 2.70 bits per heavy atom. The molecule has 0 spiro atoms. The fraction of sp³-hybridized carbons (Fsp3) is 0.600. The van der Waals surface area contributed by atoms with Crippen LogP contribution in [-0.2, 0) is 0 Å². The predicted octanol–water partition coefficient (Wildman–Crippen LogP) is 3.33. The third kappa shape index (κ3) is 3.42. The van der Waals surface area contributed by atoms with Crippen molar-refractivity contribution in [3.05, 3.63) is 22.8 Å². The Labute approximate surface area is 125 Å². The number of halogens is 1. The standard InChI is InChI=1S/C15H22ClN3O/c1-9-4-5-12(6-10(9)2)19-15(20)11-7-13(16)14(17-3)18-8-11/h7-10,12H,4-6H2,1-3H3,(H,17,18)(H,19,20). The van der Waals surface area contributed by atoms with Gasteiger partial charge in [-0.3, -0.25) is 4.79 Å². The summed E-state index contributed by atoms with van der Waals surface area (Å²) in [4.78, 5) is 16.4. The highest BCUT2D eigenvalue weighted by molar-refractivity contribution is 6.33. The first-order chi connectivity index (χ1) is 9.51. The summed E-state index contributed by atoms with van der Waals surface area (Å²) in [5, 5.41) is 6.44. The predicted molar refractivity (Wildman–Crippen MR) is 82.2 cm³/mol. The molecule has 3 atom stereocenters. The maximum absolute atomic E-state index is 12.2. The van der Waals surface area contributed by atoms with Crippen LogP contribution in [-0.4, -0.2) is 24.0 Å². The minimum Gasteiger partial charge on any atom is -0.372 e. The van der Waals surface area contributed by atoms with Crippen LogP contribution in [0.25, 0.3) is 0 Å². The number of pyridine rings is 1. The van der Waals surface area contributed by atoms with Gasteiger partial charge in [0.25, 0.3) is 5.91 Å². The lowest BCUT2D eigenvalue weighted by atomic mass is 9.79. The van der Waals surface area contributed by atoms with Crippen molar-refractivity contribution in [3.63, 3.8) is 0 Å². The molecular weight excluding hydrogens is 274 g/mol. The molecule has 110 valence electrons. The van der Waals surface area contributed by atoms with Gasteiger partial charge in [-0.25, -0.2) is 4.98 Å². The highest BCUT2D eigenvalue weighted by atomic mass is 35.5. The van der Waals surface area contributed by atoms with E-state index in [2.05, 4.69) is 29.5 Å². The number of rotatable bonds is 3. The zero-order chi connectivity index (χ0) is 14.7. The van der Waals surface area contributed by atoms with E-state index in [1.54, 1.807) is 19.3 Å². The van der Waals surface area contributed by atoms with Crippen molar-refractivity contribution in [3.8, 4) is 0 Å². The average molecular weight is 296 g/mol. The Balaban J connectivity index is 2.00. The van der Waals surface area contributed by atoms with Gasteiger partial charge < -0.3 is 10.6 Å². The van der Waals surface area contributed by atoms with Crippen molar-refractivity contribution in [2.24, 2.45) is 11.8 Å². The van der Waals surface area contributed by atoms with Gasteiger partial charge in [0.05, 0.1) is 10.6 Å². The lowest BCUT2D eigenvalue weighted by Crippen LogP contribution is -2.39. The molecule has 0 aliphatic heterocycles.